The minimum atomic E-state index is -0.580. The summed E-state index contributed by atoms with van der Waals surface area (Å²) in [5, 5.41) is 13.7. The molecule has 0 bridgehead atoms. The molecular weight excluding hydrogens is 235 g/mol. The molecule has 0 spiro atoms. The molecule has 0 saturated heterocycles. The maximum absolute atomic E-state index is 13.7. The minimum Gasteiger partial charge on any atom is -0.379 e. The summed E-state index contributed by atoms with van der Waals surface area (Å²) in [4.78, 5) is 9.94. The maximum atomic E-state index is 13.7. The molecule has 2 atom stereocenters. The molecule has 0 aromatic heterocycles. The van der Waals surface area contributed by atoms with Crippen molar-refractivity contribution in [1.29, 1.82) is 0 Å². The molecule has 18 heavy (non-hydrogen) atoms. The standard InChI is InChI=1S/C13H15FN2O2/c14-11-7-8(16(17)18)5-6-12(11)15-13-9-3-1-2-4-10(9)13/h5-7,9-10,13,15H,1-4H2/t9-,10-/m0/s1. The van der Waals surface area contributed by atoms with Crippen LogP contribution >= 0.6 is 0 Å². The van der Waals surface area contributed by atoms with Gasteiger partial charge in [-0.15, -0.1) is 0 Å². The first-order valence-corrected chi connectivity index (χ1v) is 6.37. The van der Waals surface area contributed by atoms with Crippen molar-refractivity contribution >= 4 is 11.4 Å². The van der Waals surface area contributed by atoms with Gasteiger partial charge in [0.25, 0.3) is 5.69 Å². The highest BCUT2D eigenvalue weighted by Crippen LogP contribution is 2.51. The van der Waals surface area contributed by atoms with Crippen LogP contribution in [0.25, 0.3) is 0 Å². The topological polar surface area (TPSA) is 55.2 Å². The van der Waals surface area contributed by atoms with Crippen molar-refractivity contribution in [3.05, 3.63) is 34.1 Å². The van der Waals surface area contributed by atoms with Gasteiger partial charge in [-0.05, 0) is 30.7 Å². The Morgan fingerprint density at radius 3 is 2.50 bits per heavy atom. The number of anilines is 1. The van der Waals surface area contributed by atoms with Crippen LogP contribution in [0.1, 0.15) is 25.7 Å². The van der Waals surface area contributed by atoms with Crippen molar-refractivity contribution in [2.75, 3.05) is 5.32 Å². The number of nitro benzene ring substituents is 1. The average molecular weight is 250 g/mol. The quantitative estimate of drug-likeness (QED) is 0.661. The van der Waals surface area contributed by atoms with Crippen LogP contribution in [0.5, 0.6) is 0 Å². The van der Waals surface area contributed by atoms with Crippen LogP contribution in [0.2, 0.25) is 0 Å². The van der Waals surface area contributed by atoms with Gasteiger partial charge < -0.3 is 5.32 Å². The second-order valence-electron chi connectivity index (χ2n) is 5.20. The molecule has 0 aliphatic heterocycles. The minimum absolute atomic E-state index is 0.203. The van der Waals surface area contributed by atoms with E-state index < -0.39 is 10.7 Å². The van der Waals surface area contributed by atoms with Gasteiger partial charge in [0.2, 0.25) is 0 Å². The van der Waals surface area contributed by atoms with Crippen molar-refractivity contribution in [2.24, 2.45) is 11.8 Å². The smallest absolute Gasteiger partial charge is 0.272 e. The number of benzene rings is 1. The van der Waals surface area contributed by atoms with E-state index in [4.69, 9.17) is 0 Å². The average Bonchev–Trinajstić information content (AvgIpc) is 3.05. The molecule has 96 valence electrons. The Morgan fingerprint density at radius 2 is 1.94 bits per heavy atom. The molecule has 3 rings (SSSR count). The number of hydrogen-bond donors (Lipinski definition) is 1. The van der Waals surface area contributed by atoms with Crippen LogP contribution in [0, 0.1) is 27.8 Å². The summed E-state index contributed by atoms with van der Waals surface area (Å²) in [6, 6.07) is 4.16. The molecule has 0 unspecified atom stereocenters. The van der Waals surface area contributed by atoms with E-state index in [-0.39, 0.29) is 5.69 Å². The number of nitrogens with one attached hydrogen (secondary N) is 1. The van der Waals surface area contributed by atoms with Gasteiger partial charge in [-0.25, -0.2) is 4.39 Å². The Balaban J connectivity index is 1.72. The zero-order valence-corrected chi connectivity index (χ0v) is 9.93. The Bertz CT molecular complexity index is 480. The number of fused-ring (bicyclic) bond motifs is 1. The van der Waals surface area contributed by atoms with E-state index in [2.05, 4.69) is 5.32 Å². The summed E-state index contributed by atoms with van der Waals surface area (Å²) in [5.74, 6) is 0.814. The summed E-state index contributed by atoms with van der Waals surface area (Å²) in [7, 11) is 0. The highest BCUT2D eigenvalue weighted by molar-refractivity contribution is 5.52. The fraction of sp³-hybridized carbons (Fsp3) is 0.538. The molecule has 2 saturated carbocycles. The first-order chi connectivity index (χ1) is 8.66. The van der Waals surface area contributed by atoms with Gasteiger partial charge in [0.15, 0.2) is 5.82 Å². The monoisotopic (exact) mass is 250 g/mol. The molecule has 4 nitrogen and oxygen atoms in total. The highest BCUT2D eigenvalue weighted by atomic mass is 19.1. The third-order valence-corrected chi connectivity index (χ3v) is 4.14. The molecule has 0 radical (unpaired) electrons. The van der Waals surface area contributed by atoms with Gasteiger partial charge in [0.1, 0.15) is 0 Å². The third-order valence-electron chi connectivity index (χ3n) is 4.14. The summed E-state index contributed by atoms with van der Waals surface area (Å²) in [6.45, 7) is 0. The number of rotatable bonds is 3. The fourth-order valence-electron chi connectivity index (χ4n) is 3.12. The molecule has 1 aromatic rings. The van der Waals surface area contributed by atoms with Gasteiger partial charge >= 0.3 is 0 Å². The van der Waals surface area contributed by atoms with E-state index in [0.29, 0.717) is 23.6 Å². The lowest BCUT2D eigenvalue weighted by molar-refractivity contribution is -0.385. The number of nitro groups is 1. The van der Waals surface area contributed by atoms with Gasteiger partial charge in [0, 0.05) is 12.1 Å². The zero-order valence-electron chi connectivity index (χ0n) is 9.93. The van der Waals surface area contributed by atoms with E-state index in [1.807, 2.05) is 0 Å². The summed E-state index contributed by atoms with van der Waals surface area (Å²) >= 11 is 0. The predicted octanol–water partition coefficient (Wildman–Crippen LogP) is 3.33. The van der Waals surface area contributed by atoms with Crippen molar-refractivity contribution in [3.63, 3.8) is 0 Å². The van der Waals surface area contributed by atoms with Crippen molar-refractivity contribution in [3.8, 4) is 0 Å². The Labute approximate surface area is 104 Å². The normalized spacial score (nSPS) is 29.5. The molecule has 1 aromatic carbocycles. The van der Waals surface area contributed by atoms with Crippen molar-refractivity contribution < 1.29 is 9.31 Å². The zero-order chi connectivity index (χ0) is 12.7. The summed E-state index contributed by atoms with van der Waals surface area (Å²) < 4.78 is 13.7. The van der Waals surface area contributed by atoms with Crippen LogP contribution < -0.4 is 5.32 Å². The second kappa shape index (κ2) is 4.23. The van der Waals surface area contributed by atoms with E-state index in [1.165, 1.54) is 37.8 Å². The SMILES string of the molecule is O=[N+]([O-])c1ccc(NC2[C@H]3CCCC[C@H]23)c(F)c1. The lowest BCUT2D eigenvalue weighted by Gasteiger charge is -2.06. The number of non-ortho nitro benzene ring substituents is 1. The van der Waals surface area contributed by atoms with Crippen LogP contribution in [-0.4, -0.2) is 11.0 Å². The Kier molecular flexibility index (Phi) is 2.69. The molecular formula is C13H15FN2O2. The Morgan fingerprint density at radius 1 is 1.28 bits per heavy atom. The lowest BCUT2D eigenvalue weighted by Crippen LogP contribution is -2.07. The van der Waals surface area contributed by atoms with E-state index in [1.54, 1.807) is 0 Å². The first kappa shape index (κ1) is 11.4. The highest BCUT2D eigenvalue weighted by Gasteiger charge is 2.50. The largest absolute Gasteiger partial charge is 0.379 e. The molecule has 0 amide bonds. The number of nitrogens with zero attached hydrogens (tertiary/aromatic N) is 1. The van der Waals surface area contributed by atoms with Crippen LogP contribution in [-0.2, 0) is 0 Å². The van der Waals surface area contributed by atoms with Gasteiger partial charge in [-0.1, -0.05) is 12.8 Å². The van der Waals surface area contributed by atoms with E-state index in [0.717, 1.165) is 6.07 Å². The molecule has 2 fully saturated rings. The first-order valence-electron chi connectivity index (χ1n) is 6.37. The molecule has 2 aliphatic rings. The van der Waals surface area contributed by atoms with Gasteiger partial charge in [-0.2, -0.15) is 0 Å². The van der Waals surface area contributed by atoms with E-state index in [9.17, 15) is 14.5 Å². The Hall–Kier alpha value is -1.65. The molecule has 1 N–H and O–H groups in total. The second-order valence-corrected chi connectivity index (χ2v) is 5.20. The lowest BCUT2D eigenvalue weighted by atomic mass is 10.0. The van der Waals surface area contributed by atoms with Gasteiger partial charge in [-0.3, -0.25) is 10.1 Å². The summed E-state index contributed by atoms with van der Waals surface area (Å²) in [6.07, 6.45) is 4.97. The molecule has 2 aliphatic carbocycles. The molecule has 5 heteroatoms. The van der Waals surface area contributed by atoms with Crippen LogP contribution in [0.4, 0.5) is 15.8 Å². The summed E-state index contributed by atoms with van der Waals surface area (Å²) in [5.41, 5.74) is 0.186. The van der Waals surface area contributed by atoms with E-state index >= 15 is 0 Å². The van der Waals surface area contributed by atoms with Crippen molar-refractivity contribution in [2.45, 2.75) is 31.7 Å². The maximum Gasteiger partial charge on any atom is 0.272 e. The van der Waals surface area contributed by atoms with Crippen LogP contribution in [0.3, 0.4) is 0 Å². The fourth-order valence-corrected chi connectivity index (χ4v) is 3.12. The third kappa shape index (κ3) is 1.94. The predicted molar refractivity (Wildman–Crippen MR) is 65.9 cm³/mol. The number of halogens is 1. The van der Waals surface area contributed by atoms with Crippen molar-refractivity contribution in [1.82, 2.24) is 0 Å². The molecule has 0 heterocycles. The number of hydrogen-bond acceptors (Lipinski definition) is 3. The van der Waals surface area contributed by atoms with Gasteiger partial charge in [0.05, 0.1) is 16.7 Å². The van der Waals surface area contributed by atoms with Crippen LogP contribution in [0.15, 0.2) is 18.2 Å².